The fourth-order valence-electron chi connectivity index (χ4n) is 1.25. The molecular formula is C7H7Br2NS. The lowest BCUT2D eigenvalue weighted by Crippen LogP contribution is -2.22. The highest BCUT2D eigenvalue weighted by Gasteiger charge is 2.16. The van der Waals surface area contributed by atoms with Gasteiger partial charge < -0.3 is 5.32 Å². The van der Waals surface area contributed by atoms with Crippen molar-refractivity contribution in [2.24, 2.45) is 0 Å². The summed E-state index contributed by atoms with van der Waals surface area (Å²) in [5.74, 6) is 0. The van der Waals surface area contributed by atoms with E-state index in [4.69, 9.17) is 0 Å². The lowest BCUT2D eigenvalue weighted by Gasteiger charge is -2.12. The normalized spacial score (nSPS) is 16.5. The molecular weight excluding hydrogens is 290 g/mol. The maximum atomic E-state index is 3.56. The van der Waals surface area contributed by atoms with Gasteiger partial charge in [0.25, 0.3) is 0 Å². The Kier molecular flexibility index (Phi) is 2.37. The van der Waals surface area contributed by atoms with Gasteiger partial charge in [0.05, 0.1) is 3.79 Å². The highest BCUT2D eigenvalue weighted by molar-refractivity contribution is 9.13. The van der Waals surface area contributed by atoms with Gasteiger partial charge in [-0.15, -0.1) is 11.3 Å². The molecule has 0 saturated heterocycles. The lowest BCUT2D eigenvalue weighted by atomic mass is 10.1. The molecule has 0 bridgehead atoms. The Morgan fingerprint density at radius 2 is 2.18 bits per heavy atom. The van der Waals surface area contributed by atoms with Crippen LogP contribution >= 0.6 is 43.2 Å². The molecule has 0 aromatic carbocycles. The Bertz CT molecular complexity index is 282. The van der Waals surface area contributed by atoms with E-state index >= 15 is 0 Å². The van der Waals surface area contributed by atoms with E-state index in [0.717, 1.165) is 13.1 Å². The molecule has 0 aliphatic carbocycles. The maximum absolute atomic E-state index is 3.56. The van der Waals surface area contributed by atoms with Crippen LogP contribution in [0.3, 0.4) is 0 Å². The van der Waals surface area contributed by atoms with Crippen LogP contribution in [0.5, 0.6) is 0 Å². The van der Waals surface area contributed by atoms with Gasteiger partial charge in [-0.3, -0.25) is 0 Å². The quantitative estimate of drug-likeness (QED) is 0.776. The number of hydrogen-bond acceptors (Lipinski definition) is 2. The lowest BCUT2D eigenvalue weighted by molar-refractivity contribution is 0.651. The second kappa shape index (κ2) is 3.17. The summed E-state index contributed by atoms with van der Waals surface area (Å²) in [5, 5.41) is 3.35. The molecule has 0 unspecified atom stereocenters. The smallest absolute Gasteiger partial charge is 0.0846 e. The molecule has 0 atom stereocenters. The zero-order valence-corrected chi connectivity index (χ0v) is 9.77. The van der Waals surface area contributed by atoms with Crippen LogP contribution in [-0.2, 0) is 13.0 Å². The SMILES string of the molecule is Brc1sc2c(c1Br)CNCC2. The highest BCUT2D eigenvalue weighted by Crippen LogP contribution is 2.38. The van der Waals surface area contributed by atoms with Crippen molar-refractivity contribution in [3.8, 4) is 0 Å². The zero-order chi connectivity index (χ0) is 7.84. The predicted molar refractivity (Wildman–Crippen MR) is 55.1 cm³/mol. The molecule has 1 aliphatic heterocycles. The van der Waals surface area contributed by atoms with Crippen LogP contribution < -0.4 is 5.32 Å². The summed E-state index contributed by atoms with van der Waals surface area (Å²) in [5.41, 5.74) is 1.44. The summed E-state index contributed by atoms with van der Waals surface area (Å²) in [6.45, 7) is 2.13. The summed E-state index contributed by atoms with van der Waals surface area (Å²) >= 11 is 8.93. The van der Waals surface area contributed by atoms with E-state index in [1.807, 2.05) is 11.3 Å². The van der Waals surface area contributed by atoms with E-state index in [1.54, 1.807) is 0 Å². The van der Waals surface area contributed by atoms with Crippen molar-refractivity contribution in [1.82, 2.24) is 5.32 Å². The molecule has 11 heavy (non-hydrogen) atoms. The number of nitrogens with one attached hydrogen (secondary N) is 1. The molecule has 0 amide bonds. The average Bonchev–Trinajstić information content (AvgIpc) is 2.30. The van der Waals surface area contributed by atoms with Crippen LogP contribution in [-0.4, -0.2) is 6.54 Å². The molecule has 1 aromatic heterocycles. The summed E-state index contributed by atoms with van der Waals surface area (Å²) in [4.78, 5) is 1.52. The number of fused-ring (bicyclic) bond motifs is 1. The summed E-state index contributed by atoms with van der Waals surface area (Å²) in [6.07, 6.45) is 1.17. The molecule has 2 heterocycles. The van der Waals surface area contributed by atoms with Gasteiger partial charge in [0.1, 0.15) is 0 Å². The number of thiophene rings is 1. The monoisotopic (exact) mass is 295 g/mol. The van der Waals surface area contributed by atoms with Crippen LogP contribution in [0.2, 0.25) is 0 Å². The predicted octanol–water partition coefficient (Wildman–Crippen LogP) is 2.92. The Labute approximate surface area is 86.4 Å². The minimum Gasteiger partial charge on any atom is -0.312 e. The van der Waals surface area contributed by atoms with Gasteiger partial charge in [0, 0.05) is 22.4 Å². The highest BCUT2D eigenvalue weighted by atomic mass is 79.9. The standard InChI is InChI=1S/C7H7Br2NS/c8-6-4-3-10-2-1-5(4)11-7(6)9/h10H,1-3H2. The Morgan fingerprint density at radius 1 is 1.36 bits per heavy atom. The number of hydrogen-bond donors (Lipinski definition) is 1. The van der Waals surface area contributed by atoms with Crippen molar-refractivity contribution in [3.05, 3.63) is 18.7 Å². The molecule has 0 fully saturated rings. The number of rotatable bonds is 0. The van der Waals surface area contributed by atoms with Crippen molar-refractivity contribution < 1.29 is 0 Å². The van der Waals surface area contributed by atoms with E-state index in [1.165, 1.54) is 25.1 Å². The van der Waals surface area contributed by atoms with Crippen molar-refractivity contribution in [1.29, 1.82) is 0 Å². The van der Waals surface area contributed by atoms with Crippen molar-refractivity contribution >= 4 is 43.2 Å². The van der Waals surface area contributed by atoms with Gasteiger partial charge >= 0.3 is 0 Å². The van der Waals surface area contributed by atoms with Crippen molar-refractivity contribution in [2.45, 2.75) is 13.0 Å². The molecule has 0 spiro atoms. The van der Waals surface area contributed by atoms with E-state index in [2.05, 4.69) is 37.2 Å². The molecule has 4 heteroatoms. The minimum atomic E-state index is 1.01. The van der Waals surface area contributed by atoms with Crippen LogP contribution in [0.1, 0.15) is 10.4 Å². The van der Waals surface area contributed by atoms with Crippen LogP contribution in [0.4, 0.5) is 0 Å². The van der Waals surface area contributed by atoms with Crippen LogP contribution in [0.25, 0.3) is 0 Å². The molecule has 1 aromatic rings. The van der Waals surface area contributed by atoms with E-state index in [-0.39, 0.29) is 0 Å². The number of halogens is 2. The first-order valence-corrected chi connectivity index (χ1v) is 5.85. The first-order valence-electron chi connectivity index (χ1n) is 3.45. The van der Waals surface area contributed by atoms with E-state index in [9.17, 15) is 0 Å². The minimum absolute atomic E-state index is 1.01. The topological polar surface area (TPSA) is 12.0 Å². The third-order valence-corrected chi connectivity index (χ3v) is 5.45. The zero-order valence-electron chi connectivity index (χ0n) is 5.79. The fourth-order valence-corrected chi connectivity index (χ4v) is 3.76. The third-order valence-electron chi connectivity index (χ3n) is 1.82. The van der Waals surface area contributed by atoms with E-state index in [0.29, 0.717) is 0 Å². The van der Waals surface area contributed by atoms with Crippen LogP contribution in [0, 0.1) is 0 Å². The average molecular weight is 297 g/mol. The Balaban J connectivity index is 2.50. The molecule has 1 nitrogen and oxygen atoms in total. The first-order chi connectivity index (χ1) is 5.29. The van der Waals surface area contributed by atoms with Gasteiger partial charge in [0.15, 0.2) is 0 Å². The third kappa shape index (κ3) is 1.41. The summed E-state index contributed by atoms with van der Waals surface area (Å²) < 4.78 is 2.47. The van der Waals surface area contributed by atoms with Crippen LogP contribution in [0.15, 0.2) is 8.26 Å². The Morgan fingerprint density at radius 3 is 2.91 bits per heavy atom. The van der Waals surface area contributed by atoms with E-state index < -0.39 is 0 Å². The fraction of sp³-hybridized carbons (Fsp3) is 0.429. The molecule has 2 rings (SSSR count). The molecule has 1 N–H and O–H groups in total. The van der Waals surface area contributed by atoms with Crippen molar-refractivity contribution in [2.75, 3.05) is 6.54 Å². The van der Waals surface area contributed by atoms with Gasteiger partial charge in [-0.1, -0.05) is 0 Å². The van der Waals surface area contributed by atoms with Gasteiger partial charge in [-0.2, -0.15) is 0 Å². The first kappa shape index (κ1) is 8.23. The molecule has 60 valence electrons. The second-order valence-corrected chi connectivity index (χ2v) is 5.73. The summed E-state index contributed by atoms with van der Waals surface area (Å²) in [7, 11) is 0. The van der Waals surface area contributed by atoms with Gasteiger partial charge in [-0.05, 0) is 43.8 Å². The largest absolute Gasteiger partial charge is 0.312 e. The van der Waals surface area contributed by atoms with Gasteiger partial charge in [-0.25, -0.2) is 0 Å². The van der Waals surface area contributed by atoms with Gasteiger partial charge in [0.2, 0.25) is 0 Å². The summed E-state index contributed by atoms with van der Waals surface area (Å²) in [6, 6.07) is 0. The maximum Gasteiger partial charge on any atom is 0.0846 e. The molecule has 0 saturated carbocycles. The van der Waals surface area contributed by atoms with Crippen molar-refractivity contribution in [3.63, 3.8) is 0 Å². The molecule has 0 radical (unpaired) electrons. The second-order valence-electron chi connectivity index (χ2n) is 2.52. The molecule has 1 aliphatic rings. The Hall–Kier alpha value is 0.620.